The van der Waals surface area contributed by atoms with E-state index in [1.165, 1.54) is 6.07 Å². The molecule has 23 heavy (non-hydrogen) atoms. The Kier molecular flexibility index (Phi) is 4.33. The zero-order valence-electron chi connectivity index (χ0n) is 13.1. The van der Waals surface area contributed by atoms with Gasteiger partial charge in [0.05, 0.1) is 5.92 Å². The number of benzene rings is 1. The molecule has 124 valence electrons. The van der Waals surface area contributed by atoms with Crippen LogP contribution >= 0.6 is 0 Å². The fraction of sp³-hybridized carbons (Fsp3) is 0.529. The maximum atomic E-state index is 13.9. The summed E-state index contributed by atoms with van der Waals surface area (Å²) in [5.74, 6) is -2.12. The van der Waals surface area contributed by atoms with E-state index in [-0.39, 0.29) is 24.6 Å². The summed E-state index contributed by atoms with van der Waals surface area (Å²) in [6.45, 7) is 3.53. The zero-order valence-corrected chi connectivity index (χ0v) is 13.1. The first-order valence-electron chi connectivity index (χ1n) is 8.00. The number of rotatable bonds is 2. The average molecular weight is 322 g/mol. The Hall–Kier alpha value is -1.98. The van der Waals surface area contributed by atoms with Crippen molar-refractivity contribution in [2.24, 2.45) is 11.8 Å². The Labute approximate surface area is 134 Å². The number of halogens is 2. The molecular formula is C17H20F2N2O2. The molecule has 2 aliphatic rings. The van der Waals surface area contributed by atoms with Crippen molar-refractivity contribution in [1.82, 2.24) is 4.90 Å². The molecule has 0 aromatic heterocycles. The first-order chi connectivity index (χ1) is 11.0. The number of hydrogen-bond donors (Lipinski definition) is 0. The van der Waals surface area contributed by atoms with Gasteiger partial charge < -0.3 is 9.80 Å². The molecule has 0 aliphatic carbocycles. The van der Waals surface area contributed by atoms with Gasteiger partial charge in [-0.3, -0.25) is 9.59 Å². The summed E-state index contributed by atoms with van der Waals surface area (Å²) in [5.41, 5.74) is -0.347. The van der Waals surface area contributed by atoms with Crippen molar-refractivity contribution in [3.8, 4) is 0 Å². The highest BCUT2D eigenvalue weighted by molar-refractivity contribution is 6.00. The Bertz CT molecular complexity index is 615. The number of nitrogens with zero attached hydrogens (tertiary/aromatic N) is 2. The second-order valence-corrected chi connectivity index (χ2v) is 6.51. The smallest absolute Gasteiger partial charge is 0.228 e. The number of anilines is 1. The summed E-state index contributed by atoms with van der Waals surface area (Å²) in [6, 6.07) is 3.49. The molecule has 2 heterocycles. The third-order valence-corrected chi connectivity index (χ3v) is 4.65. The molecule has 2 unspecified atom stereocenters. The van der Waals surface area contributed by atoms with Crippen LogP contribution in [0.2, 0.25) is 0 Å². The number of amides is 2. The van der Waals surface area contributed by atoms with Gasteiger partial charge in [-0.15, -0.1) is 0 Å². The molecule has 0 spiro atoms. The summed E-state index contributed by atoms with van der Waals surface area (Å²) in [7, 11) is 0. The molecule has 6 heteroatoms. The van der Waals surface area contributed by atoms with Crippen LogP contribution in [0.4, 0.5) is 14.5 Å². The first-order valence-corrected chi connectivity index (χ1v) is 8.00. The minimum Gasteiger partial charge on any atom is -0.342 e. The SMILES string of the molecule is CC1CCCN(C(=O)C2CC(=O)N(c3c(F)cccc3F)C2)C1. The highest BCUT2D eigenvalue weighted by Crippen LogP contribution is 2.31. The summed E-state index contributed by atoms with van der Waals surface area (Å²) in [4.78, 5) is 27.6. The number of carbonyl (C=O) groups is 2. The maximum absolute atomic E-state index is 13.9. The lowest BCUT2D eigenvalue weighted by Gasteiger charge is -2.32. The third kappa shape index (κ3) is 3.07. The van der Waals surface area contributed by atoms with E-state index in [0.29, 0.717) is 19.0 Å². The molecule has 4 nitrogen and oxygen atoms in total. The van der Waals surface area contributed by atoms with E-state index in [1.807, 2.05) is 0 Å². The highest BCUT2D eigenvalue weighted by atomic mass is 19.1. The lowest BCUT2D eigenvalue weighted by Crippen LogP contribution is -2.43. The summed E-state index contributed by atoms with van der Waals surface area (Å²) in [6.07, 6.45) is 2.07. The van der Waals surface area contributed by atoms with Crippen LogP contribution in [0.5, 0.6) is 0 Å². The second-order valence-electron chi connectivity index (χ2n) is 6.51. The van der Waals surface area contributed by atoms with Crippen LogP contribution in [-0.4, -0.2) is 36.3 Å². The van der Waals surface area contributed by atoms with Crippen molar-refractivity contribution in [2.45, 2.75) is 26.2 Å². The molecule has 2 saturated heterocycles. The molecule has 1 aromatic rings. The molecule has 0 bridgehead atoms. The summed E-state index contributed by atoms with van der Waals surface area (Å²) >= 11 is 0. The third-order valence-electron chi connectivity index (χ3n) is 4.65. The van der Waals surface area contributed by atoms with Gasteiger partial charge in [-0.25, -0.2) is 8.78 Å². The number of likely N-dealkylation sites (tertiary alicyclic amines) is 1. The van der Waals surface area contributed by atoms with Crippen LogP contribution in [0.1, 0.15) is 26.2 Å². The lowest BCUT2D eigenvalue weighted by molar-refractivity contribution is -0.137. The van der Waals surface area contributed by atoms with Crippen molar-refractivity contribution in [3.05, 3.63) is 29.8 Å². The predicted molar refractivity (Wildman–Crippen MR) is 81.8 cm³/mol. The fourth-order valence-electron chi connectivity index (χ4n) is 3.48. The maximum Gasteiger partial charge on any atom is 0.228 e. The highest BCUT2D eigenvalue weighted by Gasteiger charge is 2.39. The summed E-state index contributed by atoms with van der Waals surface area (Å²) in [5, 5.41) is 0. The number of piperidine rings is 1. The van der Waals surface area contributed by atoms with Crippen LogP contribution in [0, 0.1) is 23.5 Å². The minimum absolute atomic E-state index is 0.0114. The number of para-hydroxylation sites is 1. The van der Waals surface area contributed by atoms with Crippen molar-refractivity contribution in [3.63, 3.8) is 0 Å². The largest absolute Gasteiger partial charge is 0.342 e. The van der Waals surface area contributed by atoms with Gasteiger partial charge in [0.15, 0.2) is 0 Å². The number of carbonyl (C=O) groups excluding carboxylic acids is 2. The average Bonchev–Trinajstić information content (AvgIpc) is 2.88. The monoisotopic (exact) mass is 322 g/mol. The normalized spacial score (nSPS) is 25.1. The second kappa shape index (κ2) is 6.26. The minimum atomic E-state index is -0.780. The molecule has 1 aromatic carbocycles. The molecule has 2 aliphatic heterocycles. The van der Waals surface area contributed by atoms with E-state index in [9.17, 15) is 18.4 Å². The van der Waals surface area contributed by atoms with Gasteiger partial charge in [-0.1, -0.05) is 13.0 Å². The Balaban J connectivity index is 1.76. The standard InChI is InChI=1S/C17H20F2N2O2/c1-11-4-3-7-20(9-11)17(23)12-8-15(22)21(10-12)16-13(18)5-2-6-14(16)19/h2,5-6,11-12H,3-4,7-10H2,1H3. The van der Waals surface area contributed by atoms with Crippen LogP contribution < -0.4 is 4.90 Å². The van der Waals surface area contributed by atoms with E-state index in [1.54, 1.807) is 4.90 Å². The van der Waals surface area contributed by atoms with Gasteiger partial charge in [0.25, 0.3) is 0 Å². The topological polar surface area (TPSA) is 40.6 Å². The fourth-order valence-corrected chi connectivity index (χ4v) is 3.48. The zero-order chi connectivity index (χ0) is 16.6. The van der Waals surface area contributed by atoms with E-state index >= 15 is 0 Å². The molecule has 0 radical (unpaired) electrons. The Morgan fingerprint density at radius 3 is 2.57 bits per heavy atom. The van der Waals surface area contributed by atoms with Gasteiger partial charge in [-0.05, 0) is 30.9 Å². The van der Waals surface area contributed by atoms with E-state index in [4.69, 9.17) is 0 Å². The first kappa shape index (κ1) is 15.9. The van der Waals surface area contributed by atoms with Crippen molar-refractivity contribution >= 4 is 17.5 Å². The van der Waals surface area contributed by atoms with Gasteiger partial charge in [0.1, 0.15) is 17.3 Å². The van der Waals surface area contributed by atoms with Crippen molar-refractivity contribution < 1.29 is 18.4 Å². The van der Waals surface area contributed by atoms with Gasteiger partial charge >= 0.3 is 0 Å². The van der Waals surface area contributed by atoms with Crippen molar-refractivity contribution in [1.29, 1.82) is 0 Å². The van der Waals surface area contributed by atoms with Crippen molar-refractivity contribution in [2.75, 3.05) is 24.5 Å². The Morgan fingerprint density at radius 1 is 1.22 bits per heavy atom. The Morgan fingerprint density at radius 2 is 1.91 bits per heavy atom. The lowest BCUT2D eigenvalue weighted by atomic mass is 9.98. The predicted octanol–water partition coefficient (Wildman–Crippen LogP) is 2.58. The quantitative estimate of drug-likeness (QED) is 0.840. The van der Waals surface area contributed by atoms with Gasteiger partial charge in [0, 0.05) is 26.1 Å². The van der Waals surface area contributed by atoms with E-state index in [2.05, 4.69) is 6.92 Å². The van der Waals surface area contributed by atoms with Gasteiger partial charge in [-0.2, -0.15) is 0 Å². The van der Waals surface area contributed by atoms with E-state index < -0.39 is 23.5 Å². The molecule has 0 saturated carbocycles. The molecule has 2 fully saturated rings. The number of hydrogen-bond acceptors (Lipinski definition) is 2. The molecule has 2 amide bonds. The van der Waals surface area contributed by atoms with Crippen LogP contribution in [0.15, 0.2) is 18.2 Å². The summed E-state index contributed by atoms with van der Waals surface area (Å²) < 4.78 is 27.8. The van der Waals surface area contributed by atoms with Crippen LogP contribution in [-0.2, 0) is 9.59 Å². The molecule has 0 N–H and O–H groups in total. The van der Waals surface area contributed by atoms with E-state index in [0.717, 1.165) is 29.9 Å². The van der Waals surface area contributed by atoms with Crippen LogP contribution in [0.3, 0.4) is 0 Å². The molecular weight excluding hydrogens is 302 g/mol. The molecule has 3 rings (SSSR count). The van der Waals surface area contributed by atoms with Gasteiger partial charge in [0.2, 0.25) is 11.8 Å². The van der Waals surface area contributed by atoms with Crippen LogP contribution in [0.25, 0.3) is 0 Å². The molecule has 2 atom stereocenters.